The minimum absolute atomic E-state index is 0.413. The Morgan fingerprint density at radius 1 is 1.21 bits per heavy atom. The van der Waals surface area contributed by atoms with Gasteiger partial charge in [-0.05, 0) is 17.2 Å². The second-order valence-electron chi connectivity index (χ2n) is 3.80. The average Bonchev–Trinajstić information content (AvgIpc) is 2.45. The van der Waals surface area contributed by atoms with Gasteiger partial charge in [-0.3, -0.25) is 10.1 Å². The molecule has 96 valence electrons. The molecule has 0 fully saturated rings. The van der Waals surface area contributed by atoms with E-state index in [9.17, 15) is 10.1 Å². The van der Waals surface area contributed by atoms with Crippen molar-refractivity contribution in [2.75, 3.05) is 0 Å². The third kappa shape index (κ3) is 4.23. The van der Waals surface area contributed by atoms with Crippen LogP contribution in [-0.4, -0.2) is 9.91 Å². The predicted molar refractivity (Wildman–Crippen MR) is 71.0 cm³/mol. The molecule has 2 rings (SSSR count). The van der Waals surface area contributed by atoms with Gasteiger partial charge in [0.15, 0.2) is 0 Å². The number of nitro groups is 1. The Bertz CT molecular complexity index is 565. The van der Waals surface area contributed by atoms with Gasteiger partial charge < -0.3 is 4.74 Å². The van der Waals surface area contributed by atoms with E-state index in [1.165, 1.54) is 6.08 Å². The number of ether oxygens (including phenoxy) is 1. The van der Waals surface area contributed by atoms with Gasteiger partial charge in [-0.2, -0.15) is 0 Å². The maximum Gasteiger partial charge on any atom is 0.235 e. The highest BCUT2D eigenvalue weighted by atomic mass is 16.6. The zero-order valence-corrected chi connectivity index (χ0v) is 10.1. The number of benzene rings is 1. The van der Waals surface area contributed by atoms with Gasteiger partial charge >= 0.3 is 0 Å². The van der Waals surface area contributed by atoms with Crippen LogP contribution in [0.4, 0.5) is 0 Å². The summed E-state index contributed by atoms with van der Waals surface area (Å²) >= 11 is 0. The Balaban J connectivity index is 1.94. The first-order chi connectivity index (χ1) is 9.24. The number of hydrogen-bond acceptors (Lipinski definition) is 4. The summed E-state index contributed by atoms with van der Waals surface area (Å²) in [4.78, 5) is 13.8. The van der Waals surface area contributed by atoms with Gasteiger partial charge in [-0.1, -0.05) is 30.3 Å². The minimum Gasteiger partial charge on any atom is -0.473 e. The van der Waals surface area contributed by atoms with Crippen LogP contribution in [0.25, 0.3) is 6.08 Å². The molecule has 0 atom stereocenters. The summed E-state index contributed by atoms with van der Waals surface area (Å²) in [5.74, 6) is 0.569. The number of rotatable bonds is 5. The van der Waals surface area contributed by atoms with E-state index in [4.69, 9.17) is 4.74 Å². The van der Waals surface area contributed by atoms with Crippen molar-refractivity contribution >= 4 is 6.08 Å². The van der Waals surface area contributed by atoms with Gasteiger partial charge in [0.25, 0.3) is 0 Å². The molecule has 0 N–H and O–H groups in total. The van der Waals surface area contributed by atoms with Gasteiger partial charge in [0.05, 0.1) is 4.92 Å². The summed E-state index contributed by atoms with van der Waals surface area (Å²) in [6.45, 7) is 0.413. The smallest absolute Gasteiger partial charge is 0.235 e. The van der Waals surface area contributed by atoms with Crippen LogP contribution in [0.2, 0.25) is 0 Å². The highest BCUT2D eigenvalue weighted by Crippen LogP contribution is 2.10. The van der Waals surface area contributed by atoms with Crippen LogP contribution in [0.3, 0.4) is 0 Å². The standard InChI is InChI=1S/C14H12N2O3/c17-16(18)10-8-12-4-6-13(7-5-12)11-19-14-3-1-2-9-15-14/h1-10H,11H2/b10-8+. The number of pyridine rings is 1. The van der Waals surface area contributed by atoms with Crippen LogP contribution < -0.4 is 4.74 Å². The molecular formula is C14H12N2O3. The van der Waals surface area contributed by atoms with E-state index >= 15 is 0 Å². The van der Waals surface area contributed by atoms with Crippen LogP contribution in [-0.2, 0) is 6.61 Å². The van der Waals surface area contributed by atoms with E-state index < -0.39 is 4.92 Å². The van der Waals surface area contributed by atoms with Gasteiger partial charge in [-0.25, -0.2) is 4.98 Å². The van der Waals surface area contributed by atoms with Gasteiger partial charge in [0, 0.05) is 18.3 Å². The molecule has 0 saturated heterocycles. The molecule has 1 aromatic heterocycles. The molecule has 0 radical (unpaired) electrons. The minimum atomic E-state index is -0.488. The first kappa shape index (κ1) is 12.8. The predicted octanol–water partition coefficient (Wildman–Crippen LogP) is 2.91. The zero-order valence-electron chi connectivity index (χ0n) is 10.1. The first-order valence-electron chi connectivity index (χ1n) is 5.68. The second-order valence-corrected chi connectivity index (χ2v) is 3.80. The molecule has 0 spiro atoms. The Hall–Kier alpha value is -2.69. The van der Waals surface area contributed by atoms with Crippen LogP contribution in [0.1, 0.15) is 11.1 Å². The molecule has 0 amide bonds. The number of aromatic nitrogens is 1. The monoisotopic (exact) mass is 256 g/mol. The zero-order chi connectivity index (χ0) is 13.5. The molecule has 19 heavy (non-hydrogen) atoms. The topological polar surface area (TPSA) is 65.3 Å². The molecule has 5 heteroatoms. The van der Waals surface area contributed by atoms with E-state index in [-0.39, 0.29) is 0 Å². The van der Waals surface area contributed by atoms with Gasteiger partial charge in [-0.15, -0.1) is 0 Å². The van der Waals surface area contributed by atoms with E-state index in [0.717, 1.165) is 17.3 Å². The average molecular weight is 256 g/mol. The van der Waals surface area contributed by atoms with Crippen molar-refractivity contribution in [3.8, 4) is 5.88 Å². The van der Waals surface area contributed by atoms with Crippen LogP contribution >= 0.6 is 0 Å². The van der Waals surface area contributed by atoms with E-state index in [0.29, 0.717) is 12.5 Å². The van der Waals surface area contributed by atoms with E-state index in [2.05, 4.69) is 4.98 Å². The molecule has 0 aliphatic heterocycles. The van der Waals surface area contributed by atoms with Crippen LogP contribution in [0.15, 0.2) is 54.9 Å². The fourth-order valence-corrected chi connectivity index (χ4v) is 1.46. The van der Waals surface area contributed by atoms with Crippen LogP contribution in [0, 0.1) is 10.1 Å². The SMILES string of the molecule is O=[N+]([O-])/C=C/c1ccc(COc2ccccn2)cc1. The lowest BCUT2D eigenvalue weighted by atomic mass is 10.1. The molecule has 1 heterocycles. The summed E-state index contributed by atoms with van der Waals surface area (Å²) in [5.41, 5.74) is 1.75. The summed E-state index contributed by atoms with van der Waals surface area (Å²) < 4.78 is 5.49. The molecule has 1 aromatic carbocycles. The van der Waals surface area contributed by atoms with Crippen molar-refractivity contribution in [2.24, 2.45) is 0 Å². The lowest BCUT2D eigenvalue weighted by Crippen LogP contribution is -1.96. The molecule has 0 aliphatic carbocycles. The molecule has 0 saturated carbocycles. The van der Waals surface area contributed by atoms with Crippen molar-refractivity contribution in [3.05, 3.63) is 76.1 Å². The van der Waals surface area contributed by atoms with Crippen LogP contribution in [0.5, 0.6) is 5.88 Å². The Labute approximate surface area is 110 Å². The lowest BCUT2D eigenvalue weighted by molar-refractivity contribution is -0.400. The van der Waals surface area contributed by atoms with Crippen molar-refractivity contribution < 1.29 is 9.66 Å². The number of hydrogen-bond donors (Lipinski definition) is 0. The number of nitrogens with zero attached hydrogens (tertiary/aromatic N) is 2. The van der Waals surface area contributed by atoms with Crippen molar-refractivity contribution in [1.82, 2.24) is 4.98 Å². The molecular weight excluding hydrogens is 244 g/mol. The third-order valence-corrected chi connectivity index (χ3v) is 2.39. The lowest BCUT2D eigenvalue weighted by Gasteiger charge is -2.04. The molecule has 0 unspecified atom stereocenters. The first-order valence-corrected chi connectivity index (χ1v) is 5.68. The van der Waals surface area contributed by atoms with Gasteiger partial charge in [0.1, 0.15) is 6.61 Å². The van der Waals surface area contributed by atoms with E-state index in [1.54, 1.807) is 24.4 Å². The van der Waals surface area contributed by atoms with Crippen molar-refractivity contribution in [2.45, 2.75) is 6.61 Å². The van der Waals surface area contributed by atoms with Crippen molar-refractivity contribution in [1.29, 1.82) is 0 Å². The highest BCUT2D eigenvalue weighted by molar-refractivity contribution is 5.48. The fourth-order valence-electron chi connectivity index (χ4n) is 1.46. The maximum atomic E-state index is 10.2. The summed E-state index contributed by atoms with van der Waals surface area (Å²) in [5, 5.41) is 10.2. The largest absolute Gasteiger partial charge is 0.473 e. The highest BCUT2D eigenvalue weighted by Gasteiger charge is 1.97. The molecule has 2 aromatic rings. The molecule has 0 aliphatic rings. The summed E-state index contributed by atoms with van der Waals surface area (Å²) in [6.07, 6.45) is 4.03. The Kier molecular flexibility index (Phi) is 4.23. The maximum absolute atomic E-state index is 10.2. The quantitative estimate of drug-likeness (QED) is 0.609. The summed E-state index contributed by atoms with van der Waals surface area (Å²) in [7, 11) is 0. The Morgan fingerprint density at radius 2 is 2.00 bits per heavy atom. The molecule has 0 bridgehead atoms. The van der Waals surface area contributed by atoms with Gasteiger partial charge in [0.2, 0.25) is 12.1 Å². The third-order valence-electron chi connectivity index (χ3n) is 2.39. The van der Waals surface area contributed by atoms with Crippen molar-refractivity contribution in [3.63, 3.8) is 0 Å². The molecule has 5 nitrogen and oxygen atoms in total. The fraction of sp³-hybridized carbons (Fsp3) is 0.0714. The van der Waals surface area contributed by atoms with E-state index in [1.807, 2.05) is 24.3 Å². The summed E-state index contributed by atoms with van der Waals surface area (Å²) in [6, 6.07) is 12.8. The Morgan fingerprint density at radius 3 is 2.63 bits per heavy atom. The normalized spacial score (nSPS) is 10.5. The second kappa shape index (κ2) is 6.30.